The van der Waals surface area contributed by atoms with Gasteiger partial charge in [-0.1, -0.05) is 0 Å². The van der Waals surface area contributed by atoms with Crippen molar-refractivity contribution in [3.8, 4) is 0 Å². The zero-order valence-electron chi connectivity index (χ0n) is 9.42. The van der Waals surface area contributed by atoms with E-state index in [0.717, 1.165) is 0 Å². The van der Waals surface area contributed by atoms with Crippen LogP contribution >= 0.6 is 0 Å². The second-order valence-corrected chi connectivity index (χ2v) is 4.15. The molecule has 0 aliphatic heterocycles. The summed E-state index contributed by atoms with van der Waals surface area (Å²) in [4.78, 5) is 11.6. The molecule has 2 N–H and O–H groups in total. The number of hydrogen-bond donors (Lipinski definition) is 2. The van der Waals surface area contributed by atoms with Crippen molar-refractivity contribution in [1.29, 1.82) is 0 Å². The molecule has 0 aromatic carbocycles. The lowest BCUT2D eigenvalue weighted by molar-refractivity contribution is 0.00615. The van der Waals surface area contributed by atoms with Gasteiger partial charge >= 0.3 is 5.97 Å². The summed E-state index contributed by atoms with van der Waals surface area (Å²) in [5, 5.41) is 12.9. The zero-order valence-corrected chi connectivity index (χ0v) is 9.42. The summed E-state index contributed by atoms with van der Waals surface area (Å²) in [6, 6.07) is 0. The van der Waals surface area contributed by atoms with E-state index in [2.05, 4.69) is 20.7 Å². The number of carbonyl (C=O) groups is 1. The van der Waals surface area contributed by atoms with Crippen molar-refractivity contribution in [1.82, 2.24) is 20.7 Å². The smallest absolute Gasteiger partial charge is 0.361 e. The number of aromatic amines is 1. The molecule has 6 nitrogen and oxygen atoms in total. The van der Waals surface area contributed by atoms with Crippen LogP contribution in [0.1, 0.15) is 37.0 Å². The Kier molecular flexibility index (Phi) is 3.41. The Hall–Kier alpha value is -1.43. The van der Waals surface area contributed by atoms with Gasteiger partial charge in [0.1, 0.15) is 11.3 Å². The summed E-state index contributed by atoms with van der Waals surface area (Å²) in [5.41, 5.74) is 0.276. The highest BCUT2D eigenvalue weighted by Crippen LogP contribution is 2.11. The highest BCUT2D eigenvalue weighted by molar-refractivity contribution is 5.88. The van der Waals surface area contributed by atoms with E-state index in [4.69, 9.17) is 4.74 Å². The van der Waals surface area contributed by atoms with E-state index in [1.165, 1.54) is 0 Å². The molecule has 1 aromatic heterocycles. The van der Waals surface area contributed by atoms with Crippen molar-refractivity contribution in [2.75, 3.05) is 7.05 Å². The number of carbonyl (C=O) groups excluding carboxylic acids is 1. The van der Waals surface area contributed by atoms with E-state index in [-0.39, 0.29) is 5.69 Å². The standard InChI is InChI=1S/C9H16N4O2/c1-9(2,3)15-8(14)7-6(5-10-4)11-13-12-7/h10H,5H2,1-4H3,(H,11,12,13). The molecule has 0 aliphatic carbocycles. The average Bonchev–Trinajstić information content (AvgIpc) is 2.49. The van der Waals surface area contributed by atoms with Crippen LogP contribution in [0.3, 0.4) is 0 Å². The van der Waals surface area contributed by atoms with Gasteiger partial charge in [-0.25, -0.2) is 4.79 Å². The first-order chi connectivity index (χ1) is 6.94. The fourth-order valence-electron chi connectivity index (χ4n) is 1.03. The molecule has 0 spiro atoms. The number of H-pyrrole nitrogens is 1. The minimum absolute atomic E-state index is 0.235. The van der Waals surface area contributed by atoms with Crippen molar-refractivity contribution in [3.63, 3.8) is 0 Å². The van der Waals surface area contributed by atoms with Crippen molar-refractivity contribution in [3.05, 3.63) is 11.4 Å². The number of nitrogens with zero attached hydrogens (tertiary/aromatic N) is 2. The third-order valence-electron chi connectivity index (χ3n) is 1.56. The van der Waals surface area contributed by atoms with E-state index < -0.39 is 11.6 Å². The fraction of sp³-hybridized carbons (Fsp3) is 0.667. The van der Waals surface area contributed by atoms with Gasteiger partial charge in [0, 0.05) is 6.54 Å². The molecule has 0 unspecified atom stereocenters. The SMILES string of the molecule is CNCc1n[nH]nc1C(=O)OC(C)(C)C. The number of hydrogen-bond acceptors (Lipinski definition) is 5. The van der Waals surface area contributed by atoms with E-state index in [0.29, 0.717) is 12.2 Å². The molecule has 6 heteroatoms. The van der Waals surface area contributed by atoms with Crippen molar-refractivity contribution >= 4 is 5.97 Å². The topological polar surface area (TPSA) is 79.9 Å². The van der Waals surface area contributed by atoms with Crippen LogP contribution in [-0.2, 0) is 11.3 Å². The van der Waals surface area contributed by atoms with E-state index in [1.54, 1.807) is 7.05 Å². The lowest BCUT2D eigenvalue weighted by atomic mass is 10.2. The molecular weight excluding hydrogens is 196 g/mol. The monoisotopic (exact) mass is 212 g/mol. The molecule has 0 saturated heterocycles. The van der Waals surface area contributed by atoms with Gasteiger partial charge in [0.05, 0.1) is 0 Å². The average molecular weight is 212 g/mol. The third-order valence-corrected chi connectivity index (χ3v) is 1.56. The van der Waals surface area contributed by atoms with Crippen LogP contribution in [-0.4, -0.2) is 34.0 Å². The Morgan fingerprint density at radius 3 is 2.67 bits per heavy atom. The molecule has 1 aromatic rings. The predicted octanol–water partition coefficient (Wildman–Crippen LogP) is 0.479. The van der Waals surface area contributed by atoms with Gasteiger partial charge in [0.25, 0.3) is 0 Å². The van der Waals surface area contributed by atoms with Gasteiger partial charge in [0.2, 0.25) is 0 Å². The van der Waals surface area contributed by atoms with Gasteiger partial charge in [0.15, 0.2) is 5.69 Å². The van der Waals surface area contributed by atoms with E-state index >= 15 is 0 Å². The lowest BCUT2D eigenvalue weighted by Crippen LogP contribution is -2.25. The van der Waals surface area contributed by atoms with Gasteiger partial charge < -0.3 is 10.1 Å². The number of aromatic nitrogens is 3. The van der Waals surface area contributed by atoms with Crippen molar-refractivity contribution in [2.45, 2.75) is 32.9 Å². The molecule has 0 radical (unpaired) electrons. The summed E-state index contributed by atoms with van der Waals surface area (Å²) in [7, 11) is 1.77. The van der Waals surface area contributed by atoms with Crippen LogP contribution in [0.15, 0.2) is 0 Å². The highest BCUT2D eigenvalue weighted by atomic mass is 16.6. The second-order valence-electron chi connectivity index (χ2n) is 4.15. The largest absolute Gasteiger partial charge is 0.455 e. The minimum Gasteiger partial charge on any atom is -0.455 e. The molecule has 84 valence electrons. The Balaban J connectivity index is 2.77. The summed E-state index contributed by atoms with van der Waals surface area (Å²) in [5.74, 6) is -0.457. The molecule has 0 bridgehead atoms. The molecule has 0 amide bonds. The first-order valence-corrected chi connectivity index (χ1v) is 4.71. The highest BCUT2D eigenvalue weighted by Gasteiger charge is 2.22. The number of nitrogens with one attached hydrogen (secondary N) is 2. The Morgan fingerprint density at radius 1 is 1.47 bits per heavy atom. The summed E-state index contributed by atoms with van der Waals surface area (Å²) < 4.78 is 5.18. The second kappa shape index (κ2) is 4.39. The maximum Gasteiger partial charge on any atom is 0.361 e. The third kappa shape index (κ3) is 3.32. The molecule has 1 rings (SSSR count). The summed E-state index contributed by atoms with van der Waals surface area (Å²) in [6.07, 6.45) is 0. The number of ether oxygens (including phenoxy) is 1. The fourth-order valence-corrected chi connectivity index (χ4v) is 1.03. The van der Waals surface area contributed by atoms with Crippen LogP contribution < -0.4 is 5.32 Å². The van der Waals surface area contributed by atoms with Crippen molar-refractivity contribution < 1.29 is 9.53 Å². The maximum absolute atomic E-state index is 11.6. The van der Waals surface area contributed by atoms with E-state index in [1.807, 2.05) is 20.8 Å². The van der Waals surface area contributed by atoms with E-state index in [9.17, 15) is 4.79 Å². The Labute approximate surface area is 88.4 Å². The van der Waals surface area contributed by atoms with Gasteiger partial charge in [-0.2, -0.15) is 10.3 Å². The van der Waals surface area contributed by atoms with Crippen LogP contribution in [0, 0.1) is 0 Å². The molecule has 1 heterocycles. The van der Waals surface area contributed by atoms with Gasteiger partial charge in [-0.3, -0.25) is 0 Å². The van der Waals surface area contributed by atoms with Gasteiger partial charge in [-0.15, -0.1) is 5.10 Å². The Morgan fingerprint density at radius 2 is 2.13 bits per heavy atom. The lowest BCUT2D eigenvalue weighted by Gasteiger charge is -2.18. The molecule has 15 heavy (non-hydrogen) atoms. The van der Waals surface area contributed by atoms with Crippen LogP contribution in [0.5, 0.6) is 0 Å². The summed E-state index contributed by atoms with van der Waals surface area (Å²) in [6.45, 7) is 5.90. The molecule has 0 aliphatic rings. The Bertz CT molecular complexity index is 340. The first kappa shape index (κ1) is 11.6. The van der Waals surface area contributed by atoms with Crippen LogP contribution in [0.4, 0.5) is 0 Å². The van der Waals surface area contributed by atoms with Crippen LogP contribution in [0.2, 0.25) is 0 Å². The van der Waals surface area contributed by atoms with Crippen molar-refractivity contribution in [2.24, 2.45) is 0 Å². The number of esters is 1. The number of rotatable bonds is 3. The first-order valence-electron chi connectivity index (χ1n) is 4.71. The quantitative estimate of drug-likeness (QED) is 0.712. The molecule has 0 saturated carbocycles. The summed E-state index contributed by atoms with van der Waals surface area (Å²) >= 11 is 0. The minimum atomic E-state index is -0.521. The molecule has 0 fully saturated rings. The normalized spacial score (nSPS) is 11.5. The maximum atomic E-state index is 11.6. The van der Waals surface area contributed by atoms with Crippen LogP contribution in [0.25, 0.3) is 0 Å². The zero-order chi connectivity index (χ0) is 11.5. The van der Waals surface area contributed by atoms with Gasteiger partial charge in [-0.05, 0) is 27.8 Å². The molecular formula is C9H16N4O2. The predicted molar refractivity (Wildman–Crippen MR) is 54.3 cm³/mol. The molecule has 0 atom stereocenters.